The fourth-order valence-corrected chi connectivity index (χ4v) is 3.71. The average Bonchev–Trinajstić information content (AvgIpc) is 2.75. The molecule has 0 fully saturated rings. The Morgan fingerprint density at radius 3 is 1.43 bits per heavy atom. The molecule has 0 aromatic heterocycles. The first-order valence-corrected chi connectivity index (χ1v) is 10.9. The third-order valence-electron chi connectivity index (χ3n) is 5.51. The van der Waals surface area contributed by atoms with E-state index in [0.717, 1.165) is 24.0 Å². The normalized spacial score (nSPS) is 13.1. The molecule has 2 unspecified atom stereocenters. The Morgan fingerprint density at radius 2 is 1.10 bits per heavy atom. The Morgan fingerprint density at radius 1 is 0.733 bits per heavy atom. The van der Waals surface area contributed by atoms with Gasteiger partial charge in [-0.15, -0.1) is 0 Å². The third kappa shape index (κ3) is 7.30. The van der Waals surface area contributed by atoms with Gasteiger partial charge in [0.15, 0.2) is 0 Å². The molecule has 0 spiro atoms. The van der Waals surface area contributed by atoms with Crippen molar-refractivity contribution in [3.8, 4) is 0 Å². The van der Waals surface area contributed by atoms with Crippen molar-refractivity contribution in [2.75, 3.05) is 13.1 Å². The molecule has 0 aliphatic carbocycles. The van der Waals surface area contributed by atoms with Crippen LogP contribution >= 0.6 is 0 Å². The van der Waals surface area contributed by atoms with E-state index in [9.17, 15) is 9.59 Å². The molecule has 0 aliphatic rings. The van der Waals surface area contributed by atoms with E-state index >= 15 is 0 Å². The van der Waals surface area contributed by atoms with Crippen molar-refractivity contribution in [2.24, 2.45) is 0 Å². The Hall–Kier alpha value is -2.66. The van der Waals surface area contributed by atoms with Gasteiger partial charge in [-0.3, -0.25) is 14.5 Å². The highest BCUT2D eigenvalue weighted by Crippen LogP contribution is 2.14. The second-order valence-electron chi connectivity index (χ2n) is 7.78. The van der Waals surface area contributed by atoms with Gasteiger partial charge in [-0.05, 0) is 37.8 Å². The van der Waals surface area contributed by atoms with Crippen LogP contribution in [0.15, 0.2) is 60.7 Å². The third-order valence-corrected chi connectivity index (χ3v) is 5.51. The highest BCUT2D eigenvalue weighted by atomic mass is 16.2. The molecule has 2 atom stereocenters. The molecule has 0 saturated heterocycles. The van der Waals surface area contributed by atoms with Crippen molar-refractivity contribution in [2.45, 2.75) is 58.7 Å². The minimum absolute atomic E-state index is 0.0674. The van der Waals surface area contributed by atoms with E-state index in [1.165, 1.54) is 0 Å². The van der Waals surface area contributed by atoms with Gasteiger partial charge >= 0.3 is 0 Å². The number of benzene rings is 2. The molecular formula is C25H35N3O2. The maximum absolute atomic E-state index is 12.7. The molecule has 0 aliphatic heterocycles. The second kappa shape index (κ2) is 12.1. The van der Waals surface area contributed by atoms with Crippen molar-refractivity contribution < 1.29 is 9.59 Å². The molecular weight excluding hydrogens is 374 g/mol. The highest BCUT2D eigenvalue weighted by molar-refractivity contribution is 5.81. The zero-order valence-electron chi connectivity index (χ0n) is 18.6. The molecule has 2 rings (SSSR count). The van der Waals surface area contributed by atoms with Crippen molar-refractivity contribution in [3.05, 3.63) is 71.8 Å². The number of rotatable bonds is 11. The van der Waals surface area contributed by atoms with Crippen LogP contribution in [-0.2, 0) is 9.59 Å². The summed E-state index contributed by atoms with van der Waals surface area (Å²) in [5, 5.41) is 6.11. The minimum Gasteiger partial charge on any atom is -0.348 e. The van der Waals surface area contributed by atoms with Gasteiger partial charge in [0.05, 0.1) is 25.2 Å². The topological polar surface area (TPSA) is 61.4 Å². The molecule has 2 aromatic carbocycles. The number of nitrogens with one attached hydrogen (secondary N) is 2. The molecule has 2 aromatic rings. The van der Waals surface area contributed by atoms with Crippen molar-refractivity contribution >= 4 is 11.8 Å². The van der Waals surface area contributed by atoms with Gasteiger partial charge in [0, 0.05) is 6.04 Å². The van der Waals surface area contributed by atoms with E-state index in [4.69, 9.17) is 0 Å². The zero-order chi connectivity index (χ0) is 21.9. The van der Waals surface area contributed by atoms with Crippen LogP contribution in [0.2, 0.25) is 0 Å². The molecule has 0 radical (unpaired) electrons. The molecule has 0 bridgehead atoms. The minimum atomic E-state index is -0.0748. The van der Waals surface area contributed by atoms with Crippen LogP contribution in [0.4, 0.5) is 0 Å². The number of hydrogen-bond donors (Lipinski definition) is 2. The Labute approximate surface area is 180 Å². The lowest BCUT2D eigenvalue weighted by Gasteiger charge is -2.30. The monoisotopic (exact) mass is 409 g/mol. The summed E-state index contributed by atoms with van der Waals surface area (Å²) in [6.45, 7) is 8.55. The maximum Gasteiger partial charge on any atom is 0.234 e. The van der Waals surface area contributed by atoms with E-state index in [1.807, 2.05) is 79.4 Å². The van der Waals surface area contributed by atoms with Crippen LogP contribution in [0.5, 0.6) is 0 Å². The fraction of sp³-hybridized carbons (Fsp3) is 0.440. The van der Waals surface area contributed by atoms with E-state index < -0.39 is 0 Å². The summed E-state index contributed by atoms with van der Waals surface area (Å²) in [7, 11) is 0. The van der Waals surface area contributed by atoms with Crippen molar-refractivity contribution in [1.82, 2.24) is 15.5 Å². The largest absolute Gasteiger partial charge is 0.348 e. The Bertz CT molecular complexity index is 714. The molecule has 0 heterocycles. The molecule has 2 amide bonds. The number of carbonyl (C=O) groups is 2. The summed E-state index contributed by atoms with van der Waals surface area (Å²) in [6.07, 6.45) is 1.78. The molecule has 5 nitrogen and oxygen atoms in total. The summed E-state index contributed by atoms with van der Waals surface area (Å²) in [4.78, 5) is 27.4. The molecule has 30 heavy (non-hydrogen) atoms. The maximum atomic E-state index is 12.7. The van der Waals surface area contributed by atoms with Gasteiger partial charge in [0.2, 0.25) is 11.8 Å². The average molecular weight is 410 g/mol. The Kier molecular flexibility index (Phi) is 9.55. The van der Waals surface area contributed by atoms with E-state index in [2.05, 4.69) is 24.5 Å². The van der Waals surface area contributed by atoms with Gasteiger partial charge in [-0.25, -0.2) is 0 Å². The van der Waals surface area contributed by atoms with E-state index in [-0.39, 0.29) is 43.0 Å². The van der Waals surface area contributed by atoms with Crippen LogP contribution in [0.1, 0.15) is 63.7 Å². The number of carbonyl (C=O) groups excluding carboxylic acids is 2. The van der Waals surface area contributed by atoms with Gasteiger partial charge in [-0.2, -0.15) is 0 Å². The lowest BCUT2D eigenvalue weighted by Crippen LogP contribution is -2.48. The summed E-state index contributed by atoms with van der Waals surface area (Å²) in [5.74, 6) is -0.135. The predicted octanol–water partition coefficient (Wildman–Crippen LogP) is 4.23. The standard InChI is InChI=1S/C25H35N3O2/c1-5-23(6-2)28(17-24(29)26-19(3)21-13-9-7-10-14-21)18-25(30)27-20(4)22-15-11-8-12-16-22/h7-16,19-20,23H,5-6,17-18H2,1-4H3,(H,26,29)(H,27,30). The summed E-state index contributed by atoms with van der Waals surface area (Å²) >= 11 is 0. The summed E-state index contributed by atoms with van der Waals surface area (Å²) < 4.78 is 0. The lowest BCUT2D eigenvalue weighted by molar-refractivity contribution is -0.126. The smallest absolute Gasteiger partial charge is 0.234 e. The Balaban J connectivity index is 1.97. The number of nitrogens with zero attached hydrogens (tertiary/aromatic N) is 1. The quantitative estimate of drug-likeness (QED) is 0.584. The fourth-order valence-electron chi connectivity index (χ4n) is 3.71. The highest BCUT2D eigenvalue weighted by Gasteiger charge is 2.23. The number of hydrogen-bond acceptors (Lipinski definition) is 3. The molecule has 5 heteroatoms. The molecule has 0 saturated carbocycles. The SMILES string of the molecule is CCC(CC)N(CC(=O)NC(C)c1ccccc1)CC(=O)NC(C)c1ccccc1. The van der Waals surface area contributed by atoms with Crippen LogP contribution < -0.4 is 10.6 Å². The van der Waals surface area contributed by atoms with Gasteiger partial charge in [0.1, 0.15) is 0 Å². The number of amides is 2. The van der Waals surface area contributed by atoms with E-state index in [1.54, 1.807) is 0 Å². The van der Waals surface area contributed by atoms with Crippen LogP contribution in [-0.4, -0.2) is 35.8 Å². The van der Waals surface area contributed by atoms with Crippen molar-refractivity contribution in [3.63, 3.8) is 0 Å². The molecule has 162 valence electrons. The summed E-state index contributed by atoms with van der Waals surface area (Å²) in [6, 6.07) is 19.8. The first kappa shape index (κ1) is 23.6. The second-order valence-corrected chi connectivity index (χ2v) is 7.78. The van der Waals surface area contributed by atoms with Gasteiger partial charge in [0.25, 0.3) is 0 Å². The molecule has 2 N–H and O–H groups in total. The first-order valence-electron chi connectivity index (χ1n) is 10.9. The van der Waals surface area contributed by atoms with Crippen LogP contribution in [0, 0.1) is 0 Å². The summed E-state index contributed by atoms with van der Waals surface area (Å²) in [5.41, 5.74) is 2.13. The zero-order valence-corrected chi connectivity index (χ0v) is 18.6. The van der Waals surface area contributed by atoms with Crippen LogP contribution in [0.3, 0.4) is 0 Å². The predicted molar refractivity (Wildman–Crippen MR) is 122 cm³/mol. The van der Waals surface area contributed by atoms with E-state index in [0.29, 0.717) is 0 Å². The lowest BCUT2D eigenvalue weighted by atomic mass is 10.1. The van der Waals surface area contributed by atoms with Crippen molar-refractivity contribution in [1.29, 1.82) is 0 Å². The van der Waals surface area contributed by atoms with Crippen LogP contribution in [0.25, 0.3) is 0 Å². The first-order chi connectivity index (χ1) is 14.4. The van der Waals surface area contributed by atoms with Gasteiger partial charge < -0.3 is 10.6 Å². The van der Waals surface area contributed by atoms with Gasteiger partial charge in [-0.1, -0.05) is 74.5 Å².